The van der Waals surface area contributed by atoms with Crippen LogP contribution in [0.25, 0.3) is 22.4 Å². The number of aromatic nitrogens is 2. The summed E-state index contributed by atoms with van der Waals surface area (Å²) in [5, 5.41) is 9.43. The minimum Gasteiger partial charge on any atom is -0.494 e. The summed E-state index contributed by atoms with van der Waals surface area (Å²) in [6, 6.07) is 17.8. The number of nitrogens with zero attached hydrogens (tertiary/aromatic N) is 3. The lowest BCUT2D eigenvalue weighted by atomic mass is 10.1. The molecule has 4 aromatic rings. The smallest absolute Gasteiger partial charge is 0.247 e. The van der Waals surface area contributed by atoms with Crippen LogP contribution in [0.3, 0.4) is 0 Å². The van der Waals surface area contributed by atoms with E-state index >= 15 is 0 Å². The van der Waals surface area contributed by atoms with E-state index in [1.54, 1.807) is 0 Å². The number of hydrogen-bond acceptors (Lipinski definition) is 6. The van der Waals surface area contributed by atoms with Gasteiger partial charge in [0, 0.05) is 17.5 Å². The van der Waals surface area contributed by atoms with Crippen LogP contribution in [0.2, 0.25) is 0 Å². The number of hydrogen-bond donors (Lipinski definition) is 0. The third-order valence-electron chi connectivity index (χ3n) is 5.71. The van der Waals surface area contributed by atoms with Crippen LogP contribution in [0, 0.1) is 0 Å². The predicted octanol–water partition coefficient (Wildman–Crippen LogP) is 5.33. The van der Waals surface area contributed by atoms with Gasteiger partial charge in [-0.2, -0.15) is 0 Å². The summed E-state index contributed by atoms with van der Waals surface area (Å²) >= 11 is 0. The average Bonchev–Trinajstić information content (AvgIpc) is 3.44. The fourth-order valence-electron chi connectivity index (χ4n) is 4.07. The van der Waals surface area contributed by atoms with Crippen molar-refractivity contribution in [3.05, 3.63) is 66.2 Å². The molecule has 3 heterocycles. The van der Waals surface area contributed by atoms with Crippen molar-refractivity contribution < 1.29 is 13.6 Å². The van der Waals surface area contributed by atoms with Gasteiger partial charge in [0.15, 0.2) is 0 Å². The van der Waals surface area contributed by atoms with Gasteiger partial charge in [0.05, 0.1) is 13.0 Å². The second-order valence-electron chi connectivity index (χ2n) is 8.06. The molecule has 0 amide bonds. The van der Waals surface area contributed by atoms with E-state index in [1.807, 2.05) is 54.6 Å². The Morgan fingerprint density at radius 2 is 1.74 bits per heavy atom. The van der Waals surface area contributed by atoms with Crippen molar-refractivity contribution in [3.8, 4) is 17.2 Å². The molecule has 2 aromatic heterocycles. The summed E-state index contributed by atoms with van der Waals surface area (Å²) in [6.45, 7) is 4.32. The highest BCUT2D eigenvalue weighted by atomic mass is 16.5. The molecule has 0 atom stereocenters. The van der Waals surface area contributed by atoms with Crippen molar-refractivity contribution in [2.75, 3.05) is 26.2 Å². The van der Waals surface area contributed by atoms with Crippen LogP contribution in [0.4, 0.5) is 0 Å². The monoisotopic (exact) mass is 417 g/mol. The molecular weight excluding hydrogens is 390 g/mol. The largest absolute Gasteiger partial charge is 0.494 e. The normalized spacial score (nSPS) is 14.8. The van der Waals surface area contributed by atoms with Gasteiger partial charge in [-0.3, -0.25) is 0 Å². The predicted molar refractivity (Wildman–Crippen MR) is 119 cm³/mol. The van der Waals surface area contributed by atoms with E-state index in [1.165, 1.54) is 32.4 Å². The Morgan fingerprint density at radius 3 is 2.58 bits per heavy atom. The van der Waals surface area contributed by atoms with Gasteiger partial charge in [-0.1, -0.05) is 24.6 Å². The molecule has 0 bridgehead atoms. The molecule has 2 aromatic carbocycles. The van der Waals surface area contributed by atoms with Crippen molar-refractivity contribution in [2.24, 2.45) is 0 Å². The van der Waals surface area contributed by atoms with Crippen LogP contribution < -0.4 is 4.74 Å². The van der Waals surface area contributed by atoms with E-state index in [2.05, 4.69) is 15.1 Å². The first-order valence-corrected chi connectivity index (χ1v) is 11.1. The molecule has 160 valence electrons. The number of benzene rings is 2. The average molecular weight is 418 g/mol. The fourth-order valence-corrected chi connectivity index (χ4v) is 4.07. The summed E-state index contributed by atoms with van der Waals surface area (Å²) < 4.78 is 17.6. The van der Waals surface area contributed by atoms with Gasteiger partial charge in [-0.05, 0) is 68.8 Å². The van der Waals surface area contributed by atoms with Crippen molar-refractivity contribution in [3.63, 3.8) is 0 Å². The van der Waals surface area contributed by atoms with Crippen molar-refractivity contribution in [1.82, 2.24) is 15.1 Å². The van der Waals surface area contributed by atoms with Gasteiger partial charge < -0.3 is 18.5 Å². The van der Waals surface area contributed by atoms with Gasteiger partial charge in [0.2, 0.25) is 11.8 Å². The maximum atomic E-state index is 5.90. The van der Waals surface area contributed by atoms with Crippen LogP contribution in [0.1, 0.15) is 37.3 Å². The lowest BCUT2D eigenvalue weighted by Crippen LogP contribution is -2.31. The van der Waals surface area contributed by atoms with Gasteiger partial charge in [0.25, 0.3) is 0 Å². The summed E-state index contributed by atoms with van der Waals surface area (Å²) in [4.78, 5) is 2.54. The summed E-state index contributed by atoms with van der Waals surface area (Å²) in [5.41, 5.74) is 1.74. The quantitative estimate of drug-likeness (QED) is 0.361. The van der Waals surface area contributed by atoms with E-state index in [-0.39, 0.29) is 0 Å². The highest BCUT2D eigenvalue weighted by Gasteiger charge is 2.12. The molecule has 6 nitrogen and oxygen atoms in total. The van der Waals surface area contributed by atoms with Crippen LogP contribution in [-0.4, -0.2) is 41.3 Å². The minimum atomic E-state index is 0.472. The summed E-state index contributed by atoms with van der Waals surface area (Å²) in [7, 11) is 0. The number of rotatable bonds is 8. The van der Waals surface area contributed by atoms with Crippen LogP contribution in [0.15, 0.2) is 63.4 Å². The molecule has 6 heteroatoms. The number of furan rings is 1. The zero-order chi connectivity index (χ0) is 20.9. The Balaban J connectivity index is 1.14. The zero-order valence-corrected chi connectivity index (χ0v) is 17.6. The van der Waals surface area contributed by atoms with Crippen LogP contribution in [0.5, 0.6) is 5.75 Å². The van der Waals surface area contributed by atoms with E-state index < -0.39 is 0 Å². The number of ether oxygens (including phenoxy) is 1. The number of likely N-dealkylation sites (tertiary alicyclic amines) is 1. The molecule has 5 rings (SSSR count). The van der Waals surface area contributed by atoms with Crippen LogP contribution in [-0.2, 0) is 6.42 Å². The number of piperidine rings is 1. The Labute approximate surface area is 181 Å². The van der Waals surface area contributed by atoms with Gasteiger partial charge in [0.1, 0.15) is 17.1 Å². The Bertz CT molecular complexity index is 1080. The van der Waals surface area contributed by atoms with Gasteiger partial charge in [-0.15, -0.1) is 10.2 Å². The Hall–Kier alpha value is -3.12. The molecule has 1 aliphatic heterocycles. The van der Waals surface area contributed by atoms with Crippen molar-refractivity contribution in [1.29, 1.82) is 0 Å². The highest BCUT2D eigenvalue weighted by Crippen LogP contribution is 2.24. The third-order valence-corrected chi connectivity index (χ3v) is 5.71. The summed E-state index contributed by atoms with van der Waals surface area (Å²) in [5.74, 6) is 2.71. The zero-order valence-electron chi connectivity index (χ0n) is 17.6. The maximum absolute atomic E-state index is 5.90. The number of para-hydroxylation sites is 1. The van der Waals surface area contributed by atoms with Crippen LogP contribution >= 0.6 is 0 Å². The Morgan fingerprint density at radius 1 is 0.903 bits per heavy atom. The van der Waals surface area contributed by atoms with E-state index in [4.69, 9.17) is 13.6 Å². The highest BCUT2D eigenvalue weighted by molar-refractivity contribution is 5.77. The van der Waals surface area contributed by atoms with Crippen molar-refractivity contribution in [2.45, 2.75) is 32.1 Å². The molecule has 1 fully saturated rings. The molecule has 0 aliphatic carbocycles. The van der Waals surface area contributed by atoms with E-state index in [9.17, 15) is 0 Å². The molecule has 0 saturated carbocycles. The standard InChI is InChI=1S/C25H27N3O3/c1-4-13-28(14-5-1)15-6-16-29-21-11-9-19(10-12-21)25-27-26-24(31-25)18-22-17-20-7-2-3-8-23(20)30-22/h2-3,7-12,17H,1,4-6,13-16,18H2. The first-order valence-electron chi connectivity index (χ1n) is 11.1. The lowest BCUT2D eigenvalue weighted by molar-refractivity contribution is 0.205. The second-order valence-corrected chi connectivity index (χ2v) is 8.06. The van der Waals surface area contributed by atoms with E-state index in [0.717, 1.165) is 47.6 Å². The molecule has 0 unspecified atom stereocenters. The van der Waals surface area contributed by atoms with Gasteiger partial charge in [-0.25, -0.2) is 0 Å². The Kier molecular flexibility index (Phi) is 5.98. The first-order chi connectivity index (χ1) is 15.3. The molecule has 1 aliphatic rings. The van der Waals surface area contributed by atoms with Gasteiger partial charge >= 0.3 is 0 Å². The minimum absolute atomic E-state index is 0.472. The fraction of sp³-hybridized carbons (Fsp3) is 0.360. The summed E-state index contributed by atoms with van der Waals surface area (Å²) in [6.07, 6.45) is 5.56. The molecular formula is C25H27N3O3. The molecule has 0 N–H and O–H groups in total. The lowest BCUT2D eigenvalue weighted by Gasteiger charge is -2.26. The first kappa shape index (κ1) is 19.8. The maximum Gasteiger partial charge on any atom is 0.247 e. The van der Waals surface area contributed by atoms with E-state index in [0.29, 0.717) is 18.2 Å². The number of fused-ring (bicyclic) bond motifs is 1. The molecule has 1 saturated heterocycles. The SMILES string of the molecule is c1ccc2oc(Cc3nnc(-c4ccc(OCCCN5CCCCC5)cc4)o3)cc2c1. The second kappa shape index (κ2) is 9.35. The molecule has 0 spiro atoms. The molecule has 0 radical (unpaired) electrons. The van der Waals surface area contributed by atoms with Crippen molar-refractivity contribution >= 4 is 11.0 Å². The molecule has 31 heavy (non-hydrogen) atoms. The topological polar surface area (TPSA) is 64.5 Å². The third kappa shape index (κ3) is 4.97.